The molecule has 2 aliphatic rings. The SMILES string of the molecule is O=C1O[C@H]([C@@H](O)CO)C([O-])=C1O.O=C1O[C@H]([C@@H](O)CO)C([O-])=C1O.[Pd+2]. The molecule has 12 nitrogen and oxygen atoms in total. The number of esters is 2. The van der Waals surface area contributed by atoms with E-state index in [0.717, 1.165) is 0 Å². The molecule has 0 aromatic heterocycles. The average molecular weight is 457 g/mol. The first-order valence-electron chi connectivity index (χ1n) is 6.35. The molecule has 6 N–H and O–H groups in total. The van der Waals surface area contributed by atoms with Crippen molar-refractivity contribution < 1.29 is 80.3 Å². The predicted octanol–water partition coefficient (Wildman–Crippen LogP) is -5.21. The summed E-state index contributed by atoms with van der Waals surface area (Å²) in [6.07, 6.45) is -5.90. The van der Waals surface area contributed by atoms with Crippen molar-refractivity contribution >= 4 is 11.9 Å². The number of carbonyl (C=O) groups is 2. The van der Waals surface area contributed by atoms with Crippen molar-refractivity contribution in [3.8, 4) is 0 Å². The number of hydrogen-bond donors (Lipinski definition) is 6. The summed E-state index contributed by atoms with van der Waals surface area (Å²) in [5, 5.41) is 73.6. The second-order valence-corrected chi connectivity index (χ2v) is 4.58. The Morgan fingerprint density at radius 3 is 1.28 bits per heavy atom. The smallest absolute Gasteiger partial charge is 0.870 e. The Morgan fingerprint density at radius 2 is 1.12 bits per heavy atom. The maximum atomic E-state index is 10.8. The van der Waals surface area contributed by atoms with Crippen LogP contribution in [0.4, 0.5) is 0 Å². The zero-order chi connectivity index (χ0) is 18.6. The number of aliphatic hydroxyl groups excluding tert-OH is 6. The number of ether oxygens (including phenoxy) is 2. The quantitative estimate of drug-likeness (QED) is 0.173. The van der Waals surface area contributed by atoms with Crippen molar-refractivity contribution in [3.05, 3.63) is 23.0 Å². The first-order valence-corrected chi connectivity index (χ1v) is 6.35. The van der Waals surface area contributed by atoms with E-state index in [1.54, 1.807) is 0 Å². The summed E-state index contributed by atoms with van der Waals surface area (Å²) in [6, 6.07) is 0. The first kappa shape index (κ1) is 23.1. The molecular formula is C12H14O12Pd. The van der Waals surface area contributed by atoms with Gasteiger partial charge in [-0.25, -0.2) is 9.59 Å². The molecule has 13 heteroatoms. The Labute approximate surface area is 153 Å². The number of aliphatic hydroxyl groups is 6. The van der Waals surface area contributed by atoms with E-state index in [9.17, 15) is 19.8 Å². The number of rotatable bonds is 4. The molecule has 2 aliphatic heterocycles. The van der Waals surface area contributed by atoms with Gasteiger partial charge in [-0.3, -0.25) is 0 Å². The van der Waals surface area contributed by atoms with Crippen molar-refractivity contribution in [2.45, 2.75) is 24.4 Å². The van der Waals surface area contributed by atoms with Crippen LogP contribution in [0.25, 0.3) is 0 Å². The summed E-state index contributed by atoms with van der Waals surface area (Å²) in [5.41, 5.74) is 0. The van der Waals surface area contributed by atoms with Crippen molar-refractivity contribution in [2.24, 2.45) is 0 Å². The van der Waals surface area contributed by atoms with Crippen LogP contribution in [0.1, 0.15) is 0 Å². The minimum absolute atomic E-state index is 0. The fraction of sp³-hybridized carbons (Fsp3) is 0.500. The van der Waals surface area contributed by atoms with Gasteiger partial charge in [0.25, 0.3) is 0 Å². The minimum atomic E-state index is -1.48. The van der Waals surface area contributed by atoms with E-state index in [0.29, 0.717) is 0 Å². The fourth-order valence-corrected chi connectivity index (χ4v) is 1.62. The Balaban J connectivity index is 0.000000443. The molecule has 25 heavy (non-hydrogen) atoms. The van der Waals surface area contributed by atoms with Gasteiger partial charge >= 0.3 is 32.4 Å². The summed E-state index contributed by atoms with van der Waals surface area (Å²) in [7, 11) is 0. The standard InChI is InChI=1S/2C6H8O6.Pd/c2*7-1-2(8)5-3(9)4(10)6(11)12-5;/h2*2,5,7-10H,1H2;/q;;+2/p-2/t2*2-,5+;/m00./s1. The number of carbonyl (C=O) groups excluding carboxylic acids is 2. The van der Waals surface area contributed by atoms with Crippen molar-refractivity contribution in [1.29, 1.82) is 0 Å². The second kappa shape index (κ2) is 9.57. The third kappa shape index (κ3) is 5.05. The molecule has 2 heterocycles. The third-order valence-corrected chi connectivity index (χ3v) is 2.91. The van der Waals surface area contributed by atoms with Gasteiger partial charge in [0, 0.05) is 0 Å². The molecule has 0 fully saturated rings. The zero-order valence-electron chi connectivity index (χ0n) is 12.2. The average Bonchev–Trinajstić information content (AvgIpc) is 2.98. The van der Waals surface area contributed by atoms with Gasteiger partial charge in [0.05, 0.1) is 13.2 Å². The molecule has 0 saturated heterocycles. The molecule has 0 aliphatic carbocycles. The van der Waals surface area contributed by atoms with Crippen LogP contribution in [-0.2, 0) is 39.5 Å². The Bertz CT molecular complexity index is 520. The van der Waals surface area contributed by atoms with Crippen LogP contribution in [0, 0.1) is 0 Å². The van der Waals surface area contributed by atoms with Gasteiger partial charge in [0.1, 0.15) is 24.4 Å². The molecule has 0 bridgehead atoms. The predicted molar refractivity (Wildman–Crippen MR) is 65.3 cm³/mol. The minimum Gasteiger partial charge on any atom is -0.870 e. The normalized spacial score (nSPS) is 24.8. The second-order valence-electron chi connectivity index (χ2n) is 4.58. The molecule has 144 valence electrons. The van der Waals surface area contributed by atoms with Gasteiger partial charge in [0.2, 0.25) is 0 Å². The van der Waals surface area contributed by atoms with Crippen LogP contribution in [-0.4, -0.2) is 80.2 Å². The molecule has 2 rings (SSSR count). The van der Waals surface area contributed by atoms with Crippen LogP contribution < -0.4 is 10.2 Å². The van der Waals surface area contributed by atoms with Crippen LogP contribution >= 0.6 is 0 Å². The van der Waals surface area contributed by atoms with Crippen LogP contribution in [0.3, 0.4) is 0 Å². The van der Waals surface area contributed by atoms with E-state index in [1.165, 1.54) is 0 Å². The molecule has 0 aromatic rings. The van der Waals surface area contributed by atoms with Gasteiger partial charge in [-0.2, -0.15) is 0 Å². The summed E-state index contributed by atoms with van der Waals surface area (Å²) in [6.45, 7) is -1.42. The summed E-state index contributed by atoms with van der Waals surface area (Å²) < 4.78 is 8.51. The van der Waals surface area contributed by atoms with Crippen LogP contribution in [0.15, 0.2) is 23.0 Å². The number of hydrogen-bond acceptors (Lipinski definition) is 12. The topological polar surface area (TPSA) is 220 Å². The molecule has 0 radical (unpaired) electrons. The maximum Gasteiger partial charge on any atom is 2.00 e. The molecule has 0 aromatic carbocycles. The molecule has 0 unspecified atom stereocenters. The Kier molecular flexibility index (Phi) is 8.85. The fourth-order valence-electron chi connectivity index (χ4n) is 1.62. The van der Waals surface area contributed by atoms with Crippen molar-refractivity contribution in [2.75, 3.05) is 13.2 Å². The molecule has 0 amide bonds. The van der Waals surface area contributed by atoms with Gasteiger partial charge < -0.3 is 50.3 Å². The Hall–Kier alpha value is -1.88. The van der Waals surface area contributed by atoms with Crippen LogP contribution in [0.5, 0.6) is 0 Å². The third-order valence-electron chi connectivity index (χ3n) is 2.91. The summed E-state index contributed by atoms with van der Waals surface area (Å²) in [5.74, 6) is -6.40. The van der Waals surface area contributed by atoms with E-state index in [1.807, 2.05) is 0 Å². The van der Waals surface area contributed by atoms with Crippen molar-refractivity contribution in [1.82, 2.24) is 0 Å². The molecule has 0 saturated carbocycles. The maximum absolute atomic E-state index is 10.8. The first-order chi connectivity index (χ1) is 11.1. The molecular weight excluding hydrogens is 443 g/mol. The molecule has 0 spiro atoms. The van der Waals surface area contributed by atoms with E-state index >= 15 is 0 Å². The van der Waals surface area contributed by atoms with E-state index in [-0.39, 0.29) is 20.4 Å². The van der Waals surface area contributed by atoms with Crippen LogP contribution in [0.2, 0.25) is 0 Å². The van der Waals surface area contributed by atoms with Gasteiger partial charge in [-0.1, -0.05) is 0 Å². The summed E-state index contributed by atoms with van der Waals surface area (Å²) in [4.78, 5) is 21.0. The summed E-state index contributed by atoms with van der Waals surface area (Å²) >= 11 is 0. The van der Waals surface area contributed by atoms with Gasteiger partial charge in [-0.15, -0.1) is 0 Å². The number of cyclic esters (lactones) is 2. The monoisotopic (exact) mass is 456 g/mol. The zero-order valence-corrected chi connectivity index (χ0v) is 13.7. The Morgan fingerprint density at radius 1 is 0.840 bits per heavy atom. The molecule has 4 atom stereocenters. The van der Waals surface area contributed by atoms with Gasteiger partial charge in [0.15, 0.2) is 11.5 Å². The largest absolute Gasteiger partial charge is 2.00 e. The van der Waals surface area contributed by atoms with E-state index in [4.69, 9.17) is 30.6 Å². The van der Waals surface area contributed by atoms with E-state index in [2.05, 4.69) is 9.47 Å². The van der Waals surface area contributed by atoms with Gasteiger partial charge in [-0.05, 0) is 11.5 Å². The van der Waals surface area contributed by atoms with Crippen molar-refractivity contribution in [3.63, 3.8) is 0 Å². The van der Waals surface area contributed by atoms with E-state index < -0.39 is 72.6 Å².